The molecule has 3 heterocycles. The topological polar surface area (TPSA) is 84.2 Å². The molecule has 0 aliphatic heterocycles. The van der Waals surface area contributed by atoms with Crippen molar-refractivity contribution < 1.29 is 4.79 Å². The van der Waals surface area contributed by atoms with Crippen LogP contribution in [0.2, 0.25) is 0 Å². The lowest BCUT2D eigenvalue weighted by Crippen LogP contribution is -2.12. The van der Waals surface area contributed by atoms with Crippen molar-refractivity contribution in [2.45, 2.75) is 6.92 Å². The van der Waals surface area contributed by atoms with Crippen LogP contribution in [0.3, 0.4) is 0 Å². The molecule has 4 rings (SSSR count). The summed E-state index contributed by atoms with van der Waals surface area (Å²) >= 11 is 0. The number of anilines is 3. The highest BCUT2D eigenvalue weighted by molar-refractivity contribution is 6.08. The number of para-hydroxylation sites is 1. The van der Waals surface area contributed by atoms with Gasteiger partial charge in [0.1, 0.15) is 17.2 Å². The maximum Gasteiger partial charge on any atom is 0.261 e. The lowest BCUT2D eigenvalue weighted by molar-refractivity contribution is 0.102. The van der Waals surface area contributed by atoms with E-state index in [0.717, 1.165) is 11.4 Å². The number of benzene rings is 1. The van der Waals surface area contributed by atoms with E-state index in [1.54, 1.807) is 16.8 Å². The number of hydrogen-bond donors (Lipinski definition) is 2. The fraction of sp³-hybridized carbons (Fsp3) is 0.0526. The first-order chi connectivity index (χ1) is 12.7. The zero-order valence-corrected chi connectivity index (χ0v) is 14.0. The van der Waals surface area contributed by atoms with Crippen molar-refractivity contribution in [3.05, 3.63) is 78.2 Å². The molecule has 7 nitrogen and oxygen atoms in total. The molecule has 0 saturated heterocycles. The molecule has 0 unspecified atom stereocenters. The van der Waals surface area contributed by atoms with Gasteiger partial charge in [-0.3, -0.25) is 4.79 Å². The van der Waals surface area contributed by atoms with Gasteiger partial charge in [-0.1, -0.05) is 24.3 Å². The molecule has 0 atom stereocenters. The van der Waals surface area contributed by atoms with Gasteiger partial charge in [-0.2, -0.15) is 5.10 Å². The van der Waals surface area contributed by atoms with E-state index in [0.29, 0.717) is 22.8 Å². The molecule has 0 saturated carbocycles. The average molecular weight is 344 g/mol. The number of hydrogen-bond acceptors (Lipinski definition) is 5. The van der Waals surface area contributed by atoms with Crippen LogP contribution >= 0.6 is 0 Å². The second kappa shape index (κ2) is 6.64. The number of carbonyl (C=O) groups excluding carboxylic acids is 1. The van der Waals surface area contributed by atoms with Crippen molar-refractivity contribution in [2.75, 3.05) is 10.6 Å². The molecule has 0 bridgehead atoms. The molecule has 2 N–H and O–H groups in total. The highest BCUT2D eigenvalue weighted by Gasteiger charge is 2.15. The van der Waals surface area contributed by atoms with Gasteiger partial charge in [0.25, 0.3) is 5.91 Å². The number of nitrogens with one attached hydrogen (secondary N) is 2. The zero-order valence-electron chi connectivity index (χ0n) is 14.0. The van der Waals surface area contributed by atoms with Crippen molar-refractivity contribution in [2.24, 2.45) is 0 Å². The van der Waals surface area contributed by atoms with Crippen molar-refractivity contribution >= 4 is 28.9 Å². The van der Waals surface area contributed by atoms with Crippen molar-refractivity contribution in [3.63, 3.8) is 0 Å². The van der Waals surface area contributed by atoms with Crippen molar-refractivity contribution in [3.8, 4) is 0 Å². The van der Waals surface area contributed by atoms with Gasteiger partial charge in [0.2, 0.25) is 0 Å². The third kappa shape index (κ3) is 3.23. The Labute approximate surface area is 149 Å². The van der Waals surface area contributed by atoms with Crippen LogP contribution in [0.25, 0.3) is 5.65 Å². The number of fused-ring (bicyclic) bond motifs is 1. The predicted octanol–water partition coefficient (Wildman–Crippen LogP) is 3.43. The summed E-state index contributed by atoms with van der Waals surface area (Å²) in [5, 5.41) is 10.2. The minimum atomic E-state index is -0.260. The SMILES string of the molecule is Cc1cccc(Nc2ccn3ncc(C(=O)Nc4ccccc4)c3n2)n1. The first kappa shape index (κ1) is 15.8. The second-order valence-electron chi connectivity index (χ2n) is 5.75. The molecule has 7 heteroatoms. The van der Waals surface area contributed by atoms with Gasteiger partial charge in [0.05, 0.1) is 6.20 Å². The highest BCUT2D eigenvalue weighted by atomic mass is 16.1. The zero-order chi connectivity index (χ0) is 17.9. The van der Waals surface area contributed by atoms with E-state index in [1.807, 2.05) is 55.5 Å². The molecular weight excluding hydrogens is 328 g/mol. The molecule has 0 radical (unpaired) electrons. The third-order valence-corrected chi connectivity index (χ3v) is 3.79. The molecule has 3 aromatic heterocycles. The fourth-order valence-electron chi connectivity index (χ4n) is 2.56. The number of nitrogens with zero attached hydrogens (tertiary/aromatic N) is 4. The maximum absolute atomic E-state index is 12.6. The van der Waals surface area contributed by atoms with Crippen LogP contribution in [-0.2, 0) is 0 Å². The van der Waals surface area contributed by atoms with Gasteiger partial charge >= 0.3 is 0 Å². The smallest absolute Gasteiger partial charge is 0.261 e. The number of pyridine rings is 1. The van der Waals surface area contributed by atoms with Gasteiger partial charge in [-0.25, -0.2) is 14.5 Å². The van der Waals surface area contributed by atoms with Gasteiger partial charge in [-0.15, -0.1) is 0 Å². The molecule has 4 aromatic rings. The van der Waals surface area contributed by atoms with E-state index in [4.69, 9.17) is 0 Å². The van der Waals surface area contributed by atoms with Gasteiger partial charge in [0, 0.05) is 17.6 Å². The van der Waals surface area contributed by atoms with E-state index in [2.05, 4.69) is 25.7 Å². The lowest BCUT2D eigenvalue weighted by atomic mass is 10.2. The number of aryl methyl sites for hydroxylation is 1. The van der Waals surface area contributed by atoms with Crippen molar-refractivity contribution in [1.29, 1.82) is 0 Å². The molecular formula is C19H16N6O. The van der Waals surface area contributed by atoms with Crippen LogP contribution in [0.15, 0.2) is 67.0 Å². The highest BCUT2D eigenvalue weighted by Crippen LogP contribution is 2.17. The van der Waals surface area contributed by atoms with Crippen LogP contribution in [0.5, 0.6) is 0 Å². The Morgan fingerprint density at radius 1 is 0.962 bits per heavy atom. The summed E-state index contributed by atoms with van der Waals surface area (Å²) in [5.41, 5.74) is 2.49. The molecule has 0 aliphatic rings. The molecule has 0 aliphatic carbocycles. The average Bonchev–Trinajstić information content (AvgIpc) is 3.06. The molecule has 1 amide bonds. The van der Waals surface area contributed by atoms with Gasteiger partial charge in [0.15, 0.2) is 5.65 Å². The molecule has 128 valence electrons. The van der Waals surface area contributed by atoms with Crippen LogP contribution in [-0.4, -0.2) is 25.5 Å². The van der Waals surface area contributed by atoms with E-state index in [9.17, 15) is 4.79 Å². The Morgan fingerprint density at radius 2 is 1.77 bits per heavy atom. The first-order valence-corrected chi connectivity index (χ1v) is 8.10. The predicted molar refractivity (Wildman–Crippen MR) is 99.6 cm³/mol. The minimum absolute atomic E-state index is 0.260. The fourth-order valence-corrected chi connectivity index (χ4v) is 2.56. The molecule has 26 heavy (non-hydrogen) atoms. The summed E-state index contributed by atoms with van der Waals surface area (Å²) in [7, 11) is 0. The quantitative estimate of drug-likeness (QED) is 0.592. The van der Waals surface area contributed by atoms with Gasteiger partial charge in [-0.05, 0) is 37.3 Å². The van der Waals surface area contributed by atoms with Crippen molar-refractivity contribution in [1.82, 2.24) is 19.6 Å². The summed E-state index contributed by atoms with van der Waals surface area (Å²) in [5.74, 6) is 1.02. The van der Waals surface area contributed by atoms with E-state index in [-0.39, 0.29) is 5.91 Å². The Hall–Kier alpha value is -3.74. The monoisotopic (exact) mass is 344 g/mol. The Morgan fingerprint density at radius 3 is 2.58 bits per heavy atom. The van der Waals surface area contributed by atoms with Crippen LogP contribution < -0.4 is 10.6 Å². The Kier molecular flexibility index (Phi) is 4.03. The summed E-state index contributed by atoms with van der Waals surface area (Å²) in [6.45, 7) is 1.92. The lowest BCUT2D eigenvalue weighted by Gasteiger charge is -2.07. The summed E-state index contributed by atoms with van der Waals surface area (Å²) < 4.78 is 1.56. The number of amides is 1. The third-order valence-electron chi connectivity index (χ3n) is 3.79. The van der Waals surface area contributed by atoms with Crippen LogP contribution in [0.1, 0.15) is 16.1 Å². The van der Waals surface area contributed by atoms with E-state index < -0.39 is 0 Å². The first-order valence-electron chi connectivity index (χ1n) is 8.10. The van der Waals surface area contributed by atoms with Crippen LogP contribution in [0.4, 0.5) is 17.3 Å². The normalized spacial score (nSPS) is 10.7. The largest absolute Gasteiger partial charge is 0.325 e. The van der Waals surface area contributed by atoms with Crippen LogP contribution in [0, 0.1) is 6.92 Å². The molecule has 0 fully saturated rings. The Balaban J connectivity index is 1.63. The molecule has 1 aromatic carbocycles. The maximum atomic E-state index is 12.6. The summed E-state index contributed by atoms with van der Waals surface area (Å²) in [6.07, 6.45) is 3.26. The number of aromatic nitrogens is 4. The summed E-state index contributed by atoms with van der Waals surface area (Å²) in [6, 6.07) is 16.7. The number of rotatable bonds is 4. The number of carbonyl (C=O) groups is 1. The minimum Gasteiger partial charge on any atom is -0.325 e. The summed E-state index contributed by atoms with van der Waals surface area (Å²) in [4.78, 5) is 21.5. The van der Waals surface area contributed by atoms with E-state index in [1.165, 1.54) is 6.20 Å². The van der Waals surface area contributed by atoms with E-state index >= 15 is 0 Å². The second-order valence-corrected chi connectivity index (χ2v) is 5.75. The Bertz CT molecular complexity index is 1070. The van der Waals surface area contributed by atoms with Gasteiger partial charge < -0.3 is 10.6 Å². The molecule has 0 spiro atoms. The standard InChI is InChI=1S/C19H16N6O/c1-13-6-5-9-16(21-13)23-17-10-11-25-18(24-17)15(12-20-25)19(26)22-14-7-3-2-4-8-14/h2-12H,1H3,(H,22,26)(H,21,23,24).